The molecule has 2 N–H and O–H groups in total. The largest absolute Gasteiger partial charge is 0.431 e. The second-order valence-corrected chi connectivity index (χ2v) is 5.18. The molecule has 18 heavy (non-hydrogen) atoms. The molecule has 0 fully saturated rings. The first-order valence-corrected chi connectivity index (χ1v) is 6.65. The van der Waals surface area contributed by atoms with Gasteiger partial charge in [-0.1, -0.05) is 12.1 Å². The highest BCUT2D eigenvalue weighted by atomic mass is 79.9. The van der Waals surface area contributed by atoms with Crippen molar-refractivity contribution < 1.29 is 4.42 Å². The molecule has 1 aromatic carbocycles. The average Bonchev–Trinajstić information content (AvgIpc) is 2.69. The Hall–Kier alpha value is -1.60. The summed E-state index contributed by atoms with van der Waals surface area (Å²) in [7, 11) is 0. The lowest BCUT2D eigenvalue weighted by Gasteiger charge is -1.98. The van der Waals surface area contributed by atoms with E-state index in [1.165, 1.54) is 11.8 Å². The predicted octanol–water partition coefficient (Wildman–Crippen LogP) is 3.11. The van der Waals surface area contributed by atoms with Crippen molar-refractivity contribution in [2.75, 3.05) is 5.73 Å². The molecule has 90 valence electrons. The third-order valence-corrected chi connectivity index (χ3v) is 3.27. The molecule has 0 aliphatic rings. The number of anilines is 1. The van der Waals surface area contributed by atoms with E-state index in [4.69, 9.17) is 10.2 Å². The number of halogens is 1. The van der Waals surface area contributed by atoms with Crippen LogP contribution < -0.4 is 5.73 Å². The van der Waals surface area contributed by atoms with E-state index in [1.54, 1.807) is 6.07 Å². The maximum absolute atomic E-state index is 5.64. The fourth-order valence-corrected chi connectivity index (χ4v) is 2.68. The number of benzene rings is 1. The molecule has 0 atom stereocenters. The van der Waals surface area contributed by atoms with E-state index < -0.39 is 0 Å². The molecule has 0 aliphatic heterocycles. The van der Waals surface area contributed by atoms with Crippen LogP contribution in [0.2, 0.25) is 0 Å². The fraction of sp³-hybridized carbons (Fsp3) is 0. The number of para-hydroxylation sites is 2. The van der Waals surface area contributed by atoms with Crippen LogP contribution in [0.4, 0.5) is 5.82 Å². The monoisotopic (exact) mass is 322 g/mol. The fourth-order valence-electron chi connectivity index (χ4n) is 1.43. The van der Waals surface area contributed by atoms with Gasteiger partial charge in [0.2, 0.25) is 0 Å². The molecule has 0 unspecified atom stereocenters. The van der Waals surface area contributed by atoms with E-state index in [0.29, 0.717) is 20.8 Å². The van der Waals surface area contributed by atoms with Crippen molar-refractivity contribution in [1.29, 1.82) is 0 Å². The summed E-state index contributed by atoms with van der Waals surface area (Å²) < 4.78 is 6.20. The van der Waals surface area contributed by atoms with Gasteiger partial charge in [0.1, 0.15) is 15.9 Å². The van der Waals surface area contributed by atoms with Gasteiger partial charge in [-0.15, -0.1) is 0 Å². The highest BCUT2D eigenvalue weighted by molar-refractivity contribution is 9.10. The van der Waals surface area contributed by atoms with Crippen LogP contribution >= 0.6 is 27.7 Å². The van der Waals surface area contributed by atoms with Crippen molar-refractivity contribution in [1.82, 2.24) is 15.0 Å². The minimum atomic E-state index is 0.399. The van der Waals surface area contributed by atoms with Gasteiger partial charge < -0.3 is 10.2 Å². The molecule has 0 saturated carbocycles. The molecule has 7 heteroatoms. The Morgan fingerprint density at radius 3 is 2.78 bits per heavy atom. The Morgan fingerprint density at radius 1 is 1.17 bits per heavy atom. The lowest BCUT2D eigenvalue weighted by Crippen LogP contribution is -1.94. The number of nitrogens with zero attached hydrogens (tertiary/aromatic N) is 3. The molecule has 2 heterocycles. The quantitative estimate of drug-likeness (QED) is 0.577. The molecule has 0 amide bonds. The van der Waals surface area contributed by atoms with Crippen molar-refractivity contribution in [2.24, 2.45) is 0 Å². The maximum Gasteiger partial charge on any atom is 0.264 e. The first kappa shape index (κ1) is 11.5. The number of nitrogen functional groups attached to an aromatic ring is 1. The zero-order valence-electron chi connectivity index (χ0n) is 9.00. The summed E-state index contributed by atoms with van der Waals surface area (Å²) in [5.41, 5.74) is 7.19. The van der Waals surface area contributed by atoms with Gasteiger partial charge >= 0.3 is 0 Å². The van der Waals surface area contributed by atoms with Crippen LogP contribution in [-0.4, -0.2) is 15.0 Å². The van der Waals surface area contributed by atoms with Crippen molar-refractivity contribution in [3.8, 4) is 0 Å². The topological polar surface area (TPSA) is 77.8 Å². The number of aromatic nitrogens is 3. The molecule has 3 aromatic rings. The summed E-state index contributed by atoms with van der Waals surface area (Å²) in [6.45, 7) is 0. The van der Waals surface area contributed by atoms with Gasteiger partial charge in [-0.2, -0.15) is 0 Å². The van der Waals surface area contributed by atoms with Crippen molar-refractivity contribution >= 4 is 44.6 Å². The Kier molecular flexibility index (Phi) is 2.92. The molecule has 0 bridgehead atoms. The maximum atomic E-state index is 5.64. The number of nitrogens with two attached hydrogens (primary N) is 1. The van der Waals surface area contributed by atoms with E-state index in [-0.39, 0.29) is 0 Å². The van der Waals surface area contributed by atoms with Crippen LogP contribution in [0.1, 0.15) is 0 Å². The van der Waals surface area contributed by atoms with Gasteiger partial charge in [-0.25, -0.2) is 15.0 Å². The minimum Gasteiger partial charge on any atom is -0.431 e. The second kappa shape index (κ2) is 4.58. The molecule has 0 radical (unpaired) electrons. The summed E-state index contributed by atoms with van der Waals surface area (Å²) in [5.74, 6) is 0.399. The molecule has 0 saturated heterocycles. The molecular weight excluding hydrogens is 316 g/mol. The number of hydrogen-bond acceptors (Lipinski definition) is 6. The summed E-state index contributed by atoms with van der Waals surface area (Å²) in [4.78, 5) is 12.6. The zero-order valence-corrected chi connectivity index (χ0v) is 11.4. The Morgan fingerprint density at radius 2 is 2.00 bits per heavy atom. The number of hydrogen-bond donors (Lipinski definition) is 1. The van der Waals surface area contributed by atoms with Crippen LogP contribution in [0.3, 0.4) is 0 Å². The first-order valence-electron chi connectivity index (χ1n) is 5.04. The van der Waals surface area contributed by atoms with Crippen LogP contribution in [0.25, 0.3) is 11.1 Å². The van der Waals surface area contributed by atoms with E-state index in [1.807, 2.05) is 24.3 Å². The molecule has 0 spiro atoms. The van der Waals surface area contributed by atoms with Gasteiger partial charge in [0.15, 0.2) is 10.7 Å². The number of oxazole rings is 1. The third kappa shape index (κ3) is 2.32. The first-order chi connectivity index (χ1) is 8.70. The lowest BCUT2D eigenvalue weighted by atomic mass is 10.3. The van der Waals surface area contributed by atoms with E-state index in [2.05, 4.69) is 30.9 Å². The number of fused-ring (bicyclic) bond motifs is 1. The average molecular weight is 323 g/mol. The summed E-state index contributed by atoms with van der Waals surface area (Å²) in [6.07, 6.45) is 0. The second-order valence-electron chi connectivity index (χ2n) is 3.45. The molecule has 3 rings (SSSR count). The van der Waals surface area contributed by atoms with Crippen LogP contribution in [-0.2, 0) is 0 Å². The highest BCUT2D eigenvalue weighted by Gasteiger charge is 2.10. The predicted molar refractivity (Wildman–Crippen MR) is 72.3 cm³/mol. The van der Waals surface area contributed by atoms with E-state index >= 15 is 0 Å². The molecule has 0 aliphatic carbocycles. The van der Waals surface area contributed by atoms with E-state index in [0.717, 1.165) is 11.1 Å². The van der Waals surface area contributed by atoms with Gasteiger partial charge in [0, 0.05) is 17.8 Å². The molecule has 5 nitrogen and oxygen atoms in total. The summed E-state index contributed by atoms with van der Waals surface area (Å²) in [6, 6.07) is 9.19. The van der Waals surface area contributed by atoms with E-state index in [9.17, 15) is 0 Å². The Bertz CT molecular complexity index is 662. The van der Waals surface area contributed by atoms with Crippen molar-refractivity contribution in [3.63, 3.8) is 0 Å². The van der Waals surface area contributed by atoms with Crippen molar-refractivity contribution in [2.45, 2.75) is 10.4 Å². The highest BCUT2D eigenvalue weighted by Crippen LogP contribution is 2.28. The molecule has 2 aromatic heterocycles. The lowest BCUT2D eigenvalue weighted by molar-refractivity contribution is 0.488. The van der Waals surface area contributed by atoms with Gasteiger partial charge in [-0.3, -0.25) is 0 Å². The van der Waals surface area contributed by atoms with Gasteiger partial charge in [-0.05, 0) is 28.1 Å². The van der Waals surface area contributed by atoms with Crippen molar-refractivity contribution in [3.05, 3.63) is 34.9 Å². The Balaban J connectivity index is 1.96. The smallest absolute Gasteiger partial charge is 0.264 e. The zero-order chi connectivity index (χ0) is 12.5. The standard InChI is InChI=1S/C11H7BrN4OS/c12-8-5-9(13)16-10(15-8)18-11-14-6-3-1-2-4-7(6)17-11/h1-5H,(H2,13,15,16). The Labute approximate surface area is 115 Å². The van der Waals surface area contributed by atoms with Crippen LogP contribution in [0, 0.1) is 0 Å². The van der Waals surface area contributed by atoms with Crippen LogP contribution in [0.5, 0.6) is 0 Å². The SMILES string of the molecule is Nc1cc(Br)nc(Sc2nc3ccccc3o2)n1. The summed E-state index contributed by atoms with van der Waals surface area (Å²) in [5, 5.41) is 0.988. The normalized spacial score (nSPS) is 10.9. The minimum absolute atomic E-state index is 0.399. The van der Waals surface area contributed by atoms with Gasteiger partial charge in [0.05, 0.1) is 0 Å². The van der Waals surface area contributed by atoms with Crippen LogP contribution in [0.15, 0.2) is 49.7 Å². The number of rotatable bonds is 2. The molecular formula is C11H7BrN4OS. The summed E-state index contributed by atoms with van der Waals surface area (Å²) >= 11 is 4.50. The third-order valence-electron chi connectivity index (χ3n) is 2.15. The van der Waals surface area contributed by atoms with Gasteiger partial charge in [0.25, 0.3) is 5.22 Å².